The van der Waals surface area contributed by atoms with Crippen molar-refractivity contribution in [2.75, 3.05) is 26.6 Å². The number of ether oxygens (including phenoxy) is 3. The molecule has 0 aliphatic heterocycles. The van der Waals surface area contributed by atoms with Crippen molar-refractivity contribution in [1.29, 1.82) is 0 Å². The lowest BCUT2D eigenvalue weighted by Crippen LogP contribution is -2.40. The minimum Gasteiger partial charge on any atom is -0.493 e. The van der Waals surface area contributed by atoms with Gasteiger partial charge in [-0.2, -0.15) is 5.10 Å². The van der Waals surface area contributed by atoms with Crippen molar-refractivity contribution in [2.24, 2.45) is 7.05 Å². The van der Waals surface area contributed by atoms with Crippen LogP contribution in [0.2, 0.25) is 0 Å². The molecule has 1 amide bonds. The molecule has 1 aromatic carbocycles. The van der Waals surface area contributed by atoms with Gasteiger partial charge in [-0.1, -0.05) is 13.8 Å². The van der Waals surface area contributed by atoms with E-state index in [0.29, 0.717) is 71.7 Å². The van der Waals surface area contributed by atoms with Crippen molar-refractivity contribution in [3.05, 3.63) is 44.6 Å². The predicted octanol–water partition coefficient (Wildman–Crippen LogP) is 2.31. The Bertz CT molecular complexity index is 1600. The second-order valence-corrected chi connectivity index (χ2v) is 8.97. The van der Waals surface area contributed by atoms with E-state index in [2.05, 4.69) is 20.4 Å². The summed E-state index contributed by atoms with van der Waals surface area (Å²) in [5.41, 5.74) is 0.950. The number of nitrogens with zero attached hydrogens (tertiary/aromatic N) is 5. The van der Waals surface area contributed by atoms with E-state index in [0.717, 1.165) is 0 Å². The van der Waals surface area contributed by atoms with Gasteiger partial charge in [0.05, 0.1) is 27.8 Å². The molecule has 4 rings (SSSR count). The van der Waals surface area contributed by atoms with Gasteiger partial charge in [-0.3, -0.25) is 23.4 Å². The number of amides is 1. The van der Waals surface area contributed by atoms with Crippen LogP contribution in [0.1, 0.15) is 32.3 Å². The number of rotatable bonds is 11. The average Bonchev–Trinajstić information content (AvgIpc) is 3.51. The zero-order valence-corrected chi connectivity index (χ0v) is 23.0. The first-order valence-electron chi connectivity index (χ1n) is 12.6. The van der Waals surface area contributed by atoms with Crippen molar-refractivity contribution >= 4 is 22.9 Å². The molecule has 13 nitrogen and oxygen atoms in total. The largest absolute Gasteiger partial charge is 0.493 e. The number of imidazole rings is 1. The number of methoxy groups -OCH3 is 3. The van der Waals surface area contributed by atoms with Gasteiger partial charge in [0, 0.05) is 26.2 Å². The molecule has 0 radical (unpaired) electrons. The Labute approximate surface area is 224 Å². The molecule has 208 valence electrons. The van der Waals surface area contributed by atoms with E-state index in [4.69, 9.17) is 14.2 Å². The maximum absolute atomic E-state index is 13.1. The van der Waals surface area contributed by atoms with Crippen LogP contribution >= 0.6 is 0 Å². The molecule has 3 aromatic heterocycles. The molecule has 0 aliphatic rings. The number of hydrogen-bond donors (Lipinski definition) is 2. The highest BCUT2D eigenvalue weighted by Gasteiger charge is 2.20. The zero-order valence-electron chi connectivity index (χ0n) is 23.0. The average molecular weight is 540 g/mol. The van der Waals surface area contributed by atoms with Crippen LogP contribution in [0.5, 0.6) is 17.2 Å². The molecule has 0 bridgehead atoms. The second-order valence-electron chi connectivity index (χ2n) is 8.97. The third-order valence-electron chi connectivity index (χ3n) is 6.23. The zero-order chi connectivity index (χ0) is 28.3. The number of H-pyrrole nitrogens is 1. The summed E-state index contributed by atoms with van der Waals surface area (Å²) in [6.07, 6.45) is 1.39. The van der Waals surface area contributed by atoms with Crippen molar-refractivity contribution in [3.63, 3.8) is 0 Å². The quantitative estimate of drug-likeness (QED) is 0.295. The molecule has 0 unspecified atom stereocenters. The smallest absolute Gasteiger partial charge is 0.332 e. The van der Waals surface area contributed by atoms with Gasteiger partial charge >= 0.3 is 5.69 Å². The molecule has 0 atom stereocenters. The predicted molar refractivity (Wildman–Crippen MR) is 146 cm³/mol. The number of aromatic nitrogens is 6. The van der Waals surface area contributed by atoms with Crippen molar-refractivity contribution in [3.8, 4) is 28.8 Å². The van der Waals surface area contributed by atoms with E-state index < -0.39 is 5.56 Å². The molecule has 0 fully saturated rings. The van der Waals surface area contributed by atoms with Crippen LogP contribution in [-0.2, 0) is 31.4 Å². The third kappa shape index (κ3) is 5.24. The van der Waals surface area contributed by atoms with Crippen LogP contribution in [0.25, 0.3) is 22.7 Å². The van der Waals surface area contributed by atoms with Gasteiger partial charge in [-0.05, 0) is 30.5 Å². The Morgan fingerprint density at radius 2 is 1.62 bits per heavy atom. The number of benzene rings is 1. The maximum atomic E-state index is 13.1. The lowest BCUT2D eigenvalue weighted by atomic mass is 10.1. The number of fused-ring (bicyclic) bond motifs is 1. The molecule has 2 N–H and O–H groups in total. The highest BCUT2D eigenvalue weighted by atomic mass is 16.5. The van der Waals surface area contributed by atoms with E-state index in [-0.39, 0.29) is 23.5 Å². The number of hydrogen-bond acceptors (Lipinski definition) is 8. The summed E-state index contributed by atoms with van der Waals surface area (Å²) in [7, 11) is 6.23. The highest BCUT2D eigenvalue weighted by Crippen LogP contribution is 2.38. The van der Waals surface area contributed by atoms with Gasteiger partial charge in [-0.15, -0.1) is 0 Å². The van der Waals surface area contributed by atoms with E-state index in [1.165, 1.54) is 30.5 Å². The SMILES string of the molecule is CCCn1c(=O)c2[nH]c(-c3cc(NC(=O)Cc4cc(OC)c(OC)c(OC)c4)nn3C)nc2n(CCC)c1=O. The fraction of sp³-hybridized carbons (Fsp3) is 0.423. The molecule has 0 saturated carbocycles. The third-order valence-corrected chi connectivity index (χ3v) is 6.23. The first-order valence-corrected chi connectivity index (χ1v) is 12.6. The first kappa shape index (κ1) is 27.5. The summed E-state index contributed by atoms with van der Waals surface area (Å²) < 4.78 is 20.4. The first-order chi connectivity index (χ1) is 18.8. The summed E-state index contributed by atoms with van der Waals surface area (Å²) in [4.78, 5) is 46.5. The van der Waals surface area contributed by atoms with Crippen LogP contribution < -0.4 is 30.8 Å². The number of aryl methyl sites for hydroxylation is 2. The number of aromatic amines is 1. The van der Waals surface area contributed by atoms with E-state index >= 15 is 0 Å². The number of carbonyl (C=O) groups is 1. The van der Waals surface area contributed by atoms with Crippen LogP contribution in [-0.4, -0.2) is 56.1 Å². The summed E-state index contributed by atoms with van der Waals surface area (Å²) >= 11 is 0. The summed E-state index contributed by atoms with van der Waals surface area (Å²) in [5, 5.41) is 7.17. The summed E-state index contributed by atoms with van der Waals surface area (Å²) in [5.74, 6) is 1.70. The van der Waals surface area contributed by atoms with Gasteiger partial charge < -0.3 is 24.5 Å². The fourth-order valence-electron chi connectivity index (χ4n) is 4.49. The molecule has 3 heterocycles. The number of nitrogens with one attached hydrogen (secondary N) is 2. The Morgan fingerprint density at radius 3 is 2.21 bits per heavy atom. The van der Waals surface area contributed by atoms with Crippen LogP contribution in [0.15, 0.2) is 27.8 Å². The molecule has 0 saturated heterocycles. The Balaban J connectivity index is 1.64. The topological polar surface area (TPSA) is 147 Å². The van der Waals surface area contributed by atoms with E-state index in [1.54, 1.807) is 29.9 Å². The minimum atomic E-state index is -0.413. The molecule has 4 aromatic rings. The fourth-order valence-corrected chi connectivity index (χ4v) is 4.49. The van der Waals surface area contributed by atoms with Crippen LogP contribution in [0, 0.1) is 0 Å². The van der Waals surface area contributed by atoms with Gasteiger partial charge in [0.1, 0.15) is 11.2 Å². The maximum Gasteiger partial charge on any atom is 0.332 e. The molecule has 0 aliphatic carbocycles. The number of anilines is 1. The lowest BCUT2D eigenvalue weighted by molar-refractivity contribution is -0.115. The Hall–Kier alpha value is -4.55. The molecular weight excluding hydrogens is 506 g/mol. The normalized spacial score (nSPS) is 11.1. The Kier molecular flexibility index (Phi) is 8.07. The molecule has 39 heavy (non-hydrogen) atoms. The standard InChI is InChI=1S/C26H33N7O6/c1-7-9-32-24-21(25(35)33(10-8-2)26(32)36)28-23(29-24)16-14-19(30-31(16)3)27-20(34)13-15-11-17(37-4)22(39-6)18(12-15)38-5/h11-12,14H,7-10,13H2,1-6H3,(H,28,29)(H,27,30,34). The van der Waals surface area contributed by atoms with Crippen LogP contribution in [0.3, 0.4) is 0 Å². The van der Waals surface area contributed by atoms with Gasteiger partial charge in [0.15, 0.2) is 28.8 Å². The minimum absolute atomic E-state index is 0.0352. The highest BCUT2D eigenvalue weighted by molar-refractivity contribution is 5.92. The van der Waals surface area contributed by atoms with Crippen molar-refractivity contribution in [2.45, 2.75) is 46.2 Å². The van der Waals surface area contributed by atoms with Crippen molar-refractivity contribution < 1.29 is 19.0 Å². The number of carbonyl (C=O) groups excluding carboxylic acids is 1. The van der Waals surface area contributed by atoms with Crippen molar-refractivity contribution in [1.82, 2.24) is 28.9 Å². The summed E-state index contributed by atoms with van der Waals surface area (Å²) in [6.45, 7) is 4.61. The molecule has 13 heteroatoms. The monoisotopic (exact) mass is 539 g/mol. The molecule has 0 spiro atoms. The molecular formula is C26H33N7O6. The van der Waals surface area contributed by atoms with Gasteiger partial charge in [0.2, 0.25) is 11.7 Å². The Morgan fingerprint density at radius 1 is 0.974 bits per heavy atom. The van der Waals surface area contributed by atoms with E-state index in [9.17, 15) is 14.4 Å². The van der Waals surface area contributed by atoms with E-state index in [1.807, 2.05) is 13.8 Å². The van der Waals surface area contributed by atoms with Gasteiger partial charge in [-0.25, -0.2) is 9.78 Å². The van der Waals surface area contributed by atoms with Crippen LogP contribution in [0.4, 0.5) is 5.82 Å². The second kappa shape index (κ2) is 11.5. The summed E-state index contributed by atoms with van der Waals surface area (Å²) in [6, 6.07) is 5.07. The lowest BCUT2D eigenvalue weighted by Gasteiger charge is -2.13. The van der Waals surface area contributed by atoms with Gasteiger partial charge in [0.25, 0.3) is 5.56 Å².